The summed E-state index contributed by atoms with van der Waals surface area (Å²) in [6.45, 7) is 0. The van der Waals surface area contributed by atoms with E-state index in [1.807, 2.05) is 0 Å². The van der Waals surface area contributed by atoms with Gasteiger partial charge < -0.3 is 40.1 Å². The number of hydrogen-bond acceptors (Lipinski definition) is 5. The number of aromatic nitrogens is 2. The number of aliphatic hydroxyl groups excluding tert-OH is 1. The Hall–Kier alpha value is 0.752. The summed E-state index contributed by atoms with van der Waals surface area (Å²) in [4.78, 5) is 6.64. The smallest absolute Gasteiger partial charge is 1.00 e. The van der Waals surface area contributed by atoms with Crippen molar-refractivity contribution in [3.8, 4) is 11.9 Å². The van der Waals surface area contributed by atoms with Crippen LogP contribution in [-0.4, -0.2) is 61.2 Å². The molecule has 1 aliphatic carbocycles. The Kier molecular flexibility index (Phi) is 15.8. The molecule has 0 spiro atoms. The molecular weight excluding hydrogens is 328 g/mol. The molecule has 1 N–H and O–H groups in total. The van der Waals surface area contributed by atoms with Crippen LogP contribution in [0.4, 0.5) is 0 Å². The monoisotopic (exact) mass is 340 g/mol. The molecule has 20 heavy (non-hydrogen) atoms. The van der Waals surface area contributed by atoms with Crippen molar-refractivity contribution >= 4 is 46.1 Å². The van der Waals surface area contributed by atoms with Gasteiger partial charge >= 0.3 is 46.1 Å². The van der Waals surface area contributed by atoms with Crippen LogP contribution >= 0.6 is 0 Å². The van der Waals surface area contributed by atoms with E-state index >= 15 is 0 Å². The zero-order valence-corrected chi connectivity index (χ0v) is 15.4. The summed E-state index contributed by atoms with van der Waals surface area (Å²) < 4.78 is 0. The van der Waals surface area contributed by atoms with Crippen LogP contribution in [0.3, 0.4) is 0 Å². The van der Waals surface area contributed by atoms with E-state index in [1.165, 1.54) is 6.42 Å². The molecule has 1 unspecified atom stereocenters. The first-order valence-electron chi connectivity index (χ1n) is 5.57. The maximum absolute atomic E-state index is 11.4. The van der Waals surface area contributed by atoms with Gasteiger partial charge in [0.25, 0.3) is 0 Å². The summed E-state index contributed by atoms with van der Waals surface area (Å²) in [5.74, 6) is -0.541. The van der Waals surface area contributed by atoms with E-state index in [2.05, 4.69) is 9.97 Å². The molecule has 1 heterocycles. The Bertz CT molecular complexity index is 383. The Morgan fingerprint density at radius 1 is 1.10 bits per heavy atom. The van der Waals surface area contributed by atoms with E-state index in [4.69, 9.17) is 0 Å². The van der Waals surface area contributed by atoms with E-state index in [0.717, 1.165) is 31.9 Å². The fourth-order valence-electron chi connectivity index (χ4n) is 2.27. The summed E-state index contributed by atoms with van der Waals surface area (Å²) in [5, 5.41) is 32.2. The van der Waals surface area contributed by atoms with Gasteiger partial charge in [0.2, 0.25) is 0 Å². The number of rotatable bonds is 2. The van der Waals surface area contributed by atoms with Gasteiger partial charge in [-0.2, -0.15) is 0 Å². The minimum Gasteiger partial charge on any atom is -1.00 e. The Morgan fingerprint density at radius 2 is 1.65 bits per heavy atom. The van der Waals surface area contributed by atoms with E-state index < -0.39 is 18.0 Å². The van der Waals surface area contributed by atoms with Crippen molar-refractivity contribution in [2.75, 3.05) is 0 Å². The fraction of sp³-hybridized carbons (Fsp3) is 0.636. The van der Waals surface area contributed by atoms with Gasteiger partial charge in [-0.25, -0.2) is 0 Å². The van der Waals surface area contributed by atoms with Gasteiger partial charge in [-0.1, -0.05) is 19.3 Å². The number of nitrogens with zero attached hydrogens (tertiary/aromatic N) is 2. The first kappa shape index (κ1) is 25.7. The quantitative estimate of drug-likeness (QED) is 0.540. The summed E-state index contributed by atoms with van der Waals surface area (Å²) in [6, 6.07) is -0.787. The maximum atomic E-state index is 11.4. The normalized spacial score (nSPS) is 15.7. The standard InChI is InChI=1S/C11H16N2O3.2ClH.2Mg/c14-9(7-4-2-1-3-5-7)8-6-12-11(16)13-10(8)15;;;;/h6-7,9,14H,1-5H2,(H2,12,13,15,16);2*1H;;/q;;;2*+2/p-4. The third kappa shape index (κ3) is 6.68. The third-order valence-electron chi connectivity index (χ3n) is 3.17. The molecule has 1 saturated carbocycles. The molecule has 0 saturated heterocycles. The summed E-state index contributed by atoms with van der Waals surface area (Å²) in [5.41, 5.74) is 0.159. The Morgan fingerprint density at radius 3 is 2.15 bits per heavy atom. The largest absolute Gasteiger partial charge is 2.00 e. The van der Waals surface area contributed by atoms with Crippen molar-refractivity contribution < 1.29 is 40.1 Å². The Balaban J connectivity index is -0.000000722. The zero-order valence-electron chi connectivity index (χ0n) is 11.1. The summed E-state index contributed by atoms with van der Waals surface area (Å²) >= 11 is 0. The first-order chi connectivity index (χ1) is 7.68. The van der Waals surface area contributed by atoms with Gasteiger partial charge in [-0.05, 0) is 24.6 Å². The fourth-order valence-corrected chi connectivity index (χ4v) is 2.27. The van der Waals surface area contributed by atoms with Crippen LogP contribution in [0.2, 0.25) is 0 Å². The van der Waals surface area contributed by atoms with E-state index in [-0.39, 0.29) is 82.4 Å². The molecule has 0 aromatic carbocycles. The van der Waals surface area contributed by atoms with Gasteiger partial charge in [0.15, 0.2) is 0 Å². The SMILES string of the molecule is [Cl-].[Cl-].[Mg+2].[Mg+2].[O-]c1ncc(C(O)C2CCCCC2)c([O-])n1. The predicted molar refractivity (Wildman–Crippen MR) is 64.0 cm³/mol. The van der Waals surface area contributed by atoms with E-state index in [0.29, 0.717) is 0 Å². The van der Waals surface area contributed by atoms with Gasteiger partial charge in [-0.15, -0.1) is 0 Å². The summed E-state index contributed by atoms with van der Waals surface area (Å²) in [7, 11) is 0. The summed E-state index contributed by atoms with van der Waals surface area (Å²) in [6.07, 6.45) is 5.51. The molecule has 0 aliphatic heterocycles. The molecule has 0 bridgehead atoms. The second kappa shape index (κ2) is 12.3. The topological polar surface area (TPSA) is 92.1 Å². The van der Waals surface area contributed by atoms with Crippen LogP contribution in [0.25, 0.3) is 0 Å². The van der Waals surface area contributed by atoms with Crippen molar-refractivity contribution in [1.29, 1.82) is 0 Å². The maximum Gasteiger partial charge on any atom is 2.00 e. The van der Waals surface area contributed by atoms with Crippen molar-refractivity contribution in [2.45, 2.75) is 38.2 Å². The van der Waals surface area contributed by atoms with Crippen molar-refractivity contribution in [3.05, 3.63) is 11.8 Å². The van der Waals surface area contributed by atoms with Crippen LogP contribution in [0, 0.1) is 5.92 Å². The second-order valence-corrected chi connectivity index (χ2v) is 4.26. The first-order valence-corrected chi connectivity index (χ1v) is 5.57. The number of hydrogen-bond donors (Lipinski definition) is 1. The van der Waals surface area contributed by atoms with E-state index in [1.54, 1.807) is 0 Å². The molecule has 5 nitrogen and oxygen atoms in total. The van der Waals surface area contributed by atoms with Crippen LogP contribution in [0.1, 0.15) is 43.8 Å². The molecule has 0 radical (unpaired) electrons. The minimum atomic E-state index is -0.826. The number of halogens is 2. The molecule has 104 valence electrons. The average Bonchev–Trinajstić information content (AvgIpc) is 2.29. The Labute approximate surface area is 163 Å². The molecule has 1 aromatic heterocycles. The van der Waals surface area contributed by atoms with Crippen molar-refractivity contribution in [3.63, 3.8) is 0 Å². The van der Waals surface area contributed by atoms with Gasteiger partial charge in [0, 0.05) is 11.8 Å². The third-order valence-corrected chi connectivity index (χ3v) is 3.17. The van der Waals surface area contributed by atoms with Crippen LogP contribution in [0.5, 0.6) is 11.9 Å². The van der Waals surface area contributed by atoms with Crippen LogP contribution in [-0.2, 0) is 0 Å². The van der Waals surface area contributed by atoms with Crippen molar-refractivity contribution in [1.82, 2.24) is 9.97 Å². The second-order valence-electron chi connectivity index (χ2n) is 4.26. The molecule has 9 heteroatoms. The van der Waals surface area contributed by atoms with Gasteiger partial charge in [0.1, 0.15) is 0 Å². The van der Waals surface area contributed by atoms with Crippen LogP contribution < -0.4 is 35.0 Å². The predicted octanol–water partition coefficient (Wildman–Crippen LogP) is -6.52. The number of aliphatic hydroxyl groups is 1. The molecule has 1 aliphatic rings. The molecule has 1 aromatic rings. The molecule has 1 atom stereocenters. The molecular formula is C11H14Cl2Mg2N2O3. The van der Waals surface area contributed by atoms with Crippen LogP contribution in [0.15, 0.2) is 6.20 Å². The van der Waals surface area contributed by atoms with Crippen molar-refractivity contribution in [2.24, 2.45) is 5.92 Å². The van der Waals surface area contributed by atoms with Gasteiger partial charge in [0.05, 0.1) is 12.1 Å². The van der Waals surface area contributed by atoms with Gasteiger partial charge in [-0.3, -0.25) is 9.97 Å². The minimum absolute atomic E-state index is 0. The zero-order chi connectivity index (χ0) is 11.5. The molecule has 0 amide bonds. The average molecular weight is 342 g/mol. The van der Waals surface area contributed by atoms with E-state index in [9.17, 15) is 15.3 Å². The molecule has 2 rings (SSSR count). The molecule has 1 fully saturated rings.